The van der Waals surface area contributed by atoms with Crippen molar-refractivity contribution in [2.75, 3.05) is 11.8 Å². The molecule has 0 radical (unpaired) electrons. The third kappa shape index (κ3) is 3.62. The summed E-state index contributed by atoms with van der Waals surface area (Å²) in [7, 11) is -2.08. The van der Waals surface area contributed by atoms with E-state index in [-0.39, 0.29) is 6.04 Å². The Morgan fingerprint density at radius 2 is 2.19 bits per heavy atom. The van der Waals surface area contributed by atoms with Crippen LogP contribution in [0.25, 0.3) is 11.5 Å². The van der Waals surface area contributed by atoms with E-state index in [0.29, 0.717) is 28.9 Å². The van der Waals surface area contributed by atoms with Crippen molar-refractivity contribution < 1.29 is 12.8 Å². The van der Waals surface area contributed by atoms with Crippen LogP contribution in [0.15, 0.2) is 21.9 Å². The highest BCUT2D eigenvalue weighted by Crippen LogP contribution is 2.27. The molecule has 0 spiro atoms. The van der Waals surface area contributed by atoms with Gasteiger partial charge in [0.2, 0.25) is 0 Å². The maximum atomic E-state index is 12.1. The monoisotopic (exact) mass is 330 g/mol. The molecule has 21 heavy (non-hydrogen) atoms. The van der Waals surface area contributed by atoms with Gasteiger partial charge in [-0.05, 0) is 26.0 Å². The molecule has 0 fully saturated rings. The smallest absolute Gasteiger partial charge is 0.303 e. The molecule has 0 aromatic carbocycles. The van der Waals surface area contributed by atoms with E-state index in [0.717, 1.165) is 0 Å². The second-order valence-electron chi connectivity index (χ2n) is 4.73. The first-order valence-electron chi connectivity index (χ1n) is 6.34. The Kier molecular flexibility index (Phi) is 4.67. The van der Waals surface area contributed by atoms with E-state index in [2.05, 4.69) is 9.71 Å². The minimum absolute atomic E-state index is 0.140. The average Bonchev–Trinajstić information content (AvgIpc) is 3.05. The molecule has 2 heterocycles. The van der Waals surface area contributed by atoms with Crippen LogP contribution < -0.4 is 10.5 Å². The quantitative estimate of drug-likeness (QED) is 0.842. The molecule has 3 N–H and O–H groups in total. The molecular formula is C12H18N4O3S2. The van der Waals surface area contributed by atoms with Gasteiger partial charge in [-0.25, -0.2) is 9.71 Å². The summed E-state index contributed by atoms with van der Waals surface area (Å²) in [4.78, 5) is 4.22. The molecule has 9 heteroatoms. The molecule has 0 atom stereocenters. The SMILES string of the molecule is CC(C)N(C)S(=O)(=O)Nc1nc(-c2ccc(CN)o2)cs1. The number of furan rings is 1. The lowest BCUT2D eigenvalue weighted by atomic mass is 10.3. The van der Waals surface area contributed by atoms with Crippen LogP contribution in [0.2, 0.25) is 0 Å². The molecule has 0 saturated carbocycles. The first-order chi connectivity index (χ1) is 9.83. The second-order valence-corrected chi connectivity index (χ2v) is 7.31. The zero-order valence-corrected chi connectivity index (χ0v) is 13.7. The van der Waals surface area contributed by atoms with Crippen molar-refractivity contribution in [1.29, 1.82) is 0 Å². The van der Waals surface area contributed by atoms with Crippen LogP contribution in [0, 0.1) is 0 Å². The summed E-state index contributed by atoms with van der Waals surface area (Å²) in [5, 5.41) is 2.02. The third-order valence-electron chi connectivity index (χ3n) is 2.94. The van der Waals surface area contributed by atoms with Gasteiger partial charge in [0.05, 0.1) is 6.54 Å². The number of aromatic nitrogens is 1. The highest BCUT2D eigenvalue weighted by Gasteiger charge is 2.22. The highest BCUT2D eigenvalue weighted by molar-refractivity contribution is 7.90. The van der Waals surface area contributed by atoms with Gasteiger partial charge in [0.1, 0.15) is 11.5 Å². The maximum absolute atomic E-state index is 12.1. The summed E-state index contributed by atoms with van der Waals surface area (Å²) >= 11 is 1.20. The minimum Gasteiger partial charge on any atom is -0.458 e. The van der Waals surface area contributed by atoms with Crippen molar-refractivity contribution in [3.63, 3.8) is 0 Å². The average molecular weight is 330 g/mol. The molecule has 0 aliphatic carbocycles. The fourth-order valence-corrected chi connectivity index (χ4v) is 3.54. The summed E-state index contributed by atoms with van der Waals surface area (Å²) in [6.45, 7) is 3.90. The molecule has 0 unspecified atom stereocenters. The Bertz CT molecular complexity index is 706. The topological polar surface area (TPSA) is 101 Å². The van der Waals surface area contributed by atoms with Crippen molar-refractivity contribution in [1.82, 2.24) is 9.29 Å². The standard InChI is InChI=1S/C12H18N4O3S2/c1-8(2)16(3)21(17,18)15-12-14-10(7-20-12)11-5-4-9(6-13)19-11/h4-5,7-8H,6,13H2,1-3H3,(H,14,15). The van der Waals surface area contributed by atoms with Gasteiger partial charge in [-0.1, -0.05) is 0 Å². The Morgan fingerprint density at radius 1 is 1.48 bits per heavy atom. The molecule has 0 saturated heterocycles. The largest absolute Gasteiger partial charge is 0.458 e. The molecule has 2 aromatic rings. The van der Waals surface area contributed by atoms with E-state index < -0.39 is 10.2 Å². The van der Waals surface area contributed by atoms with Gasteiger partial charge in [0, 0.05) is 18.5 Å². The van der Waals surface area contributed by atoms with Gasteiger partial charge in [-0.15, -0.1) is 11.3 Å². The van der Waals surface area contributed by atoms with E-state index in [1.807, 2.05) is 0 Å². The predicted molar refractivity (Wildman–Crippen MR) is 83.1 cm³/mol. The van der Waals surface area contributed by atoms with Crippen LogP contribution in [-0.4, -0.2) is 30.8 Å². The number of hydrogen-bond acceptors (Lipinski definition) is 6. The second kappa shape index (κ2) is 6.14. The molecule has 116 valence electrons. The first-order valence-corrected chi connectivity index (χ1v) is 8.66. The normalized spacial score (nSPS) is 12.3. The Labute approximate surface area is 128 Å². The Balaban J connectivity index is 2.17. The lowest BCUT2D eigenvalue weighted by Gasteiger charge is -2.20. The summed E-state index contributed by atoms with van der Waals surface area (Å²) < 4.78 is 33.3. The molecular weight excluding hydrogens is 312 g/mol. The number of hydrogen-bond donors (Lipinski definition) is 2. The van der Waals surface area contributed by atoms with Crippen LogP contribution >= 0.6 is 11.3 Å². The van der Waals surface area contributed by atoms with E-state index >= 15 is 0 Å². The van der Waals surface area contributed by atoms with Gasteiger partial charge >= 0.3 is 10.2 Å². The van der Waals surface area contributed by atoms with Crippen molar-refractivity contribution in [3.05, 3.63) is 23.3 Å². The molecule has 0 aliphatic rings. The van der Waals surface area contributed by atoms with Crippen LogP contribution in [0.3, 0.4) is 0 Å². The van der Waals surface area contributed by atoms with Gasteiger partial charge in [-0.2, -0.15) is 12.7 Å². The Morgan fingerprint density at radius 3 is 2.76 bits per heavy atom. The van der Waals surface area contributed by atoms with Crippen molar-refractivity contribution in [2.45, 2.75) is 26.4 Å². The van der Waals surface area contributed by atoms with E-state index in [9.17, 15) is 8.42 Å². The summed E-state index contributed by atoms with van der Waals surface area (Å²) in [5.41, 5.74) is 6.06. The summed E-state index contributed by atoms with van der Waals surface area (Å²) in [6, 6.07) is 3.39. The number of thiazole rings is 1. The molecule has 7 nitrogen and oxygen atoms in total. The Hall–Kier alpha value is -1.42. The molecule has 0 bridgehead atoms. The number of rotatable bonds is 6. The van der Waals surface area contributed by atoms with Crippen LogP contribution in [0.5, 0.6) is 0 Å². The van der Waals surface area contributed by atoms with Crippen LogP contribution in [0.4, 0.5) is 5.13 Å². The molecule has 2 aromatic heterocycles. The van der Waals surface area contributed by atoms with E-state index in [1.54, 1.807) is 31.4 Å². The number of nitrogens with two attached hydrogens (primary N) is 1. The number of nitrogens with zero attached hydrogens (tertiary/aromatic N) is 2. The van der Waals surface area contributed by atoms with E-state index in [4.69, 9.17) is 10.2 Å². The van der Waals surface area contributed by atoms with E-state index in [1.165, 1.54) is 22.7 Å². The minimum atomic E-state index is -3.60. The van der Waals surface area contributed by atoms with Crippen LogP contribution in [-0.2, 0) is 16.8 Å². The summed E-state index contributed by atoms with van der Waals surface area (Å²) in [5.74, 6) is 1.22. The lowest BCUT2D eigenvalue weighted by Crippen LogP contribution is -2.37. The van der Waals surface area contributed by atoms with Crippen LogP contribution in [0.1, 0.15) is 19.6 Å². The van der Waals surface area contributed by atoms with Gasteiger partial charge < -0.3 is 10.2 Å². The lowest BCUT2D eigenvalue weighted by molar-refractivity contribution is 0.414. The maximum Gasteiger partial charge on any atom is 0.303 e. The summed E-state index contributed by atoms with van der Waals surface area (Å²) in [6.07, 6.45) is 0. The molecule has 0 aliphatic heterocycles. The van der Waals surface area contributed by atoms with Gasteiger partial charge in [0.15, 0.2) is 10.9 Å². The molecule has 0 amide bonds. The van der Waals surface area contributed by atoms with Gasteiger partial charge in [0.25, 0.3) is 0 Å². The predicted octanol–water partition coefficient (Wildman–Crippen LogP) is 1.86. The first kappa shape index (κ1) is 16.0. The van der Waals surface area contributed by atoms with Gasteiger partial charge in [-0.3, -0.25) is 0 Å². The van der Waals surface area contributed by atoms with Crippen molar-refractivity contribution in [3.8, 4) is 11.5 Å². The fraction of sp³-hybridized carbons (Fsp3) is 0.417. The number of anilines is 1. The van der Waals surface area contributed by atoms with Crippen molar-refractivity contribution >= 4 is 26.7 Å². The molecule has 2 rings (SSSR count). The zero-order chi connectivity index (χ0) is 15.6. The fourth-order valence-electron chi connectivity index (χ4n) is 1.52. The van der Waals surface area contributed by atoms with Crippen molar-refractivity contribution in [2.24, 2.45) is 5.73 Å². The third-order valence-corrected chi connectivity index (χ3v) is 5.46. The number of nitrogens with one attached hydrogen (secondary N) is 1. The highest BCUT2D eigenvalue weighted by atomic mass is 32.2. The zero-order valence-electron chi connectivity index (χ0n) is 12.0.